The Morgan fingerprint density at radius 3 is 2.73 bits per heavy atom. The number of halogens is 2. The van der Waals surface area contributed by atoms with E-state index >= 15 is 0 Å². The van der Waals surface area contributed by atoms with Crippen LogP contribution in [0.3, 0.4) is 0 Å². The molecule has 2 N–H and O–H groups in total. The number of anilines is 1. The summed E-state index contributed by atoms with van der Waals surface area (Å²) in [6.45, 7) is 2.24. The van der Waals surface area contributed by atoms with Gasteiger partial charge in [-0.2, -0.15) is 5.10 Å². The standard InChI is InChI=1S/C18H16ClFN4OS/c1-11-2-7-14(10-15(11)19)21-16(25)8-9-24-17(22-23-18(24)26)12-3-5-13(20)6-4-12/h2-7,10H,8-9H2,1H3,(H,21,25)(H,23,26). The van der Waals surface area contributed by atoms with Crippen LogP contribution >= 0.6 is 23.8 Å². The number of rotatable bonds is 5. The Morgan fingerprint density at radius 2 is 2.04 bits per heavy atom. The third kappa shape index (κ3) is 4.17. The van der Waals surface area contributed by atoms with E-state index < -0.39 is 0 Å². The SMILES string of the molecule is Cc1ccc(NC(=O)CCn2c(-c3ccc(F)cc3)n[nH]c2=S)cc1Cl. The van der Waals surface area contributed by atoms with Gasteiger partial charge in [0, 0.05) is 29.2 Å². The van der Waals surface area contributed by atoms with Gasteiger partial charge in [-0.25, -0.2) is 4.39 Å². The highest BCUT2D eigenvalue weighted by molar-refractivity contribution is 7.71. The van der Waals surface area contributed by atoms with E-state index in [1.807, 2.05) is 13.0 Å². The van der Waals surface area contributed by atoms with Crippen molar-refractivity contribution in [2.24, 2.45) is 0 Å². The quantitative estimate of drug-likeness (QED) is 0.618. The molecule has 0 saturated carbocycles. The number of nitrogens with zero attached hydrogens (tertiary/aromatic N) is 2. The summed E-state index contributed by atoms with van der Waals surface area (Å²) in [7, 11) is 0. The van der Waals surface area contributed by atoms with E-state index in [1.165, 1.54) is 12.1 Å². The normalized spacial score (nSPS) is 10.7. The van der Waals surface area contributed by atoms with Gasteiger partial charge in [0.2, 0.25) is 5.91 Å². The highest BCUT2D eigenvalue weighted by Crippen LogP contribution is 2.21. The molecule has 3 aromatic rings. The van der Waals surface area contributed by atoms with Gasteiger partial charge >= 0.3 is 0 Å². The number of nitrogens with one attached hydrogen (secondary N) is 2. The fraction of sp³-hybridized carbons (Fsp3) is 0.167. The van der Waals surface area contributed by atoms with Gasteiger partial charge in [-0.1, -0.05) is 17.7 Å². The number of benzene rings is 2. The fourth-order valence-electron chi connectivity index (χ4n) is 2.45. The molecule has 1 aromatic heterocycles. The van der Waals surface area contributed by atoms with Crippen molar-refractivity contribution in [3.8, 4) is 11.4 Å². The first-order chi connectivity index (χ1) is 12.4. The van der Waals surface area contributed by atoms with Crippen LogP contribution in [0.15, 0.2) is 42.5 Å². The molecule has 1 amide bonds. The van der Waals surface area contributed by atoms with E-state index in [0.717, 1.165) is 5.56 Å². The van der Waals surface area contributed by atoms with Crippen LogP contribution in [0.5, 0.6) is 0 Å². The van der Waals surface area contributed by atoms with Gasteiger partial charge in [0.15, 0.2) is 10.6 Å². The largest absolute Gasteiger partial charge is 0.326 e. The Bertz CT molecular complexity index is 997. The molecular weight excluding hydrogens is 375 g/mol. The highest BCUT2D eigenvalue weighted by atomic mass is 35.5. The average Bonchev–Trinajstić information content (AvgIpc) is 2.98. The molecule has 0 aliphatic heterocycles. The molecule has 1 heterocycles. The minimum absolute atomic E-state index is 0.168. The molecule has 5 nitrogen and oxygen atoms in total. The predicted molar refractivity (Wildman–Crippen MR) is 102 cm³/mol. The van der Waals surface area contributed by atoms with Crippen molar-refractivity contribution in [3.63, 3.8) is 0 Å². The van der Waals surface area contributed by atoms with Gasteiger partial charge in [0.25, 0.3) is 0 Å². The van der Waals surface area contributed by atoms with Crippen LogP contribution in [0, 0.1) is 17.5 Å². The Hall–Kier alpha value is -2.51. The van der Waals surface area contributed by atoms with Crippen molar-refractivity contribution >= 4 is 35.4 Å². The molecule has 8 heteroatoms. The molecule has 134 valence electrons. The Balaban J connectivity index is 1.70. The smallest absolute Gasteiger partial charge is 0.226 e. The third-order valence-corrected chi connectivity index (χ3v) is 4.60. The van der Waals surface area contributed by atoms with Crippen molar-refractivity contribution < 1.29 is 9.18 Å². The molecule has 0 saturated heterocycles. The molecule has 0 radical (unpaired) electrons. The van der Waals surface area contributed by atoms with E-state index in [4.69, 9.17) is 23.8 Å². The number of aromatic amines is 1. The van der Waals surface area contributed by atoms with Crippen LogP contribution in [-0.2, 0) is 11.3 Å². The first-order valence-electron chi connectivity index (χ1n) is 7.91. The van der Waals surface area contributed by atoms with Gasteiger partial charge in [-0.15, -0.1) is 0 Å². The lowest BCUT2D eigenvalue weighted by Crippen LogP contribution is -2.15. The monoisotopic (exact) mass is 390 g/mol. The van der Waals surface area contributed by atoms with Gasteiger partial charge in [-0.3, -0.25) is 14.5 Å². The summed E-state index contributed by atoms with van der Waals surface area (Å²) in [4.78, 5) is 12.2. The van der Waals surface area contributed by atoms with Gasteiger partial charge < -0.3 is 5.32 Å². The van der Waals surface area contributed by atoms with E-state index in [-0.39, 0.29) is 18.1 Å². The molecule has 26 heavy (non-hydrogen) atoms. The number of carbonyl (C=O) groups excluding carboxylic acids is 1. The van der Waals surface area contributed by atoms with Crippen LogP contribution in [-0.4, -0.2) is 20.7 Å². The number of H-pyrrole nitrogens is 1. The first-order valence-corrected chi connectivity index (χ1v) is 8.70. The summed E-state index contributed by atoms with van der Waals surface area (Å²) in [5.74, 6) is 0.0600. The van der Waals surface area contributed by atoms with Crippen LogP contribution in [0.25, 0.3) is 11.4 Å². The zero-order chi connectivity index (χ0) is 18.7. The topological polar surface area (TPSA) is 62.7 Å². The van der Waals surface area contributed by atoms with Crippen molar-refractivity contribution in [1.82, 2.24) is 14.8 Å². The second kappa shape index (κ2) is 7.80. The zero-order valence-corrected chi connectivity index (χ0v) is 15.5. The fourth-order valence-corrected chi connectivity index (χ4v) is 2.86. The molecule has 0 spiro atoms. The number of carbonyl (C=O) groups is 1. The maximum absolute atomic E-state index is 13.1. The summed E-state index contributed by atoms with van der Waals surface area (Å²) in [6, 6.07) is 11.3. The second-order valence-corrected chi connectivity index (χ2v) is 6.57. The number of hydrogen-bond acceptors (Lipinski definition) is 3. The summed E-state index contributed by atoms with van der Waals surface area (Å²) in [5.41, 5.74) is 2.29. The Morgan fingerprint density at radius 1 is 1.31 bits per heavy atom. The Labute approximate surface area is 159 Å². The van der Waals surface area contributed by atoms with E-state index in [9.17, 15) is 9.18 Å². The van der Waals surface area contributed by atoms with Crippen molar-refractivity contribution in [2.45, 2.75) is 19.9 Å². The molecule has 0 fully saturated rings. The van der Waals surface area contributed by atoms with E-state index in [2.05, 4.69) is 15.5 Å². The lowest BCUT2D eigenvalue weighted by Gasteiger charge is -2.09. The summed E-state index contributed by atoms with van der Waals surface area (Å²) in [6.07, 6.45) is 0.202. The lowest BCUT2D eigenvalue weighted by atomic mass is 10.2. The van der Waals surface area contributed by atoms with Crippen LogP contribution in [0.2, 0.25) is 5.02 Å². The van der Waals surface area contributed by atoms with Crippen molar-refractivity contribution in [1.29, 1.82) is 0 Å². The molecule has 0 atom stereocenters. The number of amides is 1. The predicted octanol–water partition coefficient (Wildman–Crippen LogP) is 4.74. The van der Waals surface area contributed by atoms with Gasteiger partial charge in [0.1, 0.15) is 5.82 Å². The van der Waals surface area contributed by atoms with Gasteiger partial charge in [0.05, 0.1) is 0 Å². The summed E-state index contributed by atoms with van der Waals surface area (Å²) < 4.78 is 15.2. The lowest BCUT2D eigenvalue weighted by molar-refractivity contribution is -0.116. The van der Waals surface area contributed by atoms with E-state index in [0.29, 0.717) is 33.4 Å². The Kier molecular flexibility index (Phi) is 5.49. The molecule has 0 aliphatic rings. The maximum Gasteiger partial charge on any atom is 0.226 e. The number of aromatic nitrogens is 3. The third-order valence-electron chi connectivity index (χ3n) is 3.88. The van der Waals surface area contributed by atoms with Crippen LogP contribution in [0.1, 0.15) is 12.0 Å². The second-order valence-electron chi connectivity index (χ2n) is 5.77. The molecular formula is C18H16ClFN4OS. The number of aryl methyl sites for hydroxylation is 1. The minimum atomic E-state index is -0.328. The van der Waals surface area contributed by atoms with Gasteiger partial charge in [-0.05, 0) is 61.1 Å². The average molecular weight is 391 g/mol. The molecule has 0 unspecified atom stereocenters. The van der Waals surface area contributed by atoms with Crippen molar-refractivity contribution in [2.75, 3.05) is 5.32 Å². The molecule has 0 bridgehead atoms. The zero-order valence-electron chi connectivity index (χ0n) is 13.9. The summed E-state index contributed by atoms with van der Waals surface area (Å²) in [5, 5.41) is 10.3. The maximum atomic E-state index is 13.1. The number of hydrogen-bond donors (Lipinski definition) is 2. The van der Waals surface area contributed by atoms with Crippen LogP contribution in [0.4, 0.5) is 10.1 Å². The first kappa shape index (κ1) is 18.3. The van der Waals surface area contributed by atoms with Crippen molar-refractivity contribution in [3.05, 3.63) is 63.6 Å². The highest BCUT2D eigenvalue weighted by Gasteiger charge is 2.11. The molecule has 0 aliphatic carbocycles. The van der Waals surface area contributed by atoms with Crippen LogP contribution < -0.4 is 5.32 Å². The summed E-state index contributed by atoms with van der Waals surface area (Å²) >= 11 is 11.3. The molecule has 3 rings (SSSR count). The molecule has 2 aromatic carbocycles. The van der Waals surface area contributed by atoms with E-state index in [1.54, 1.807) is 28.8 Å². The minimum Gasteiger partial charge on any atom is -0.326 e.